The number of aryl methyl sites for hydroxylation is 1. The Balaban J connectivity index is 2.06. The molecule has 0 aliphatic carbocycles. The van der Waals surface area contributed by atoms with Crippen LogP contribution in [0, 0.1) is 18.8 Å². The van der Waals surface area contributed by atoms with Crippen LogP contribution in [-0.2, 0) is 4.74 Å². The summed E-state index contributed by atoms with van der Waals surface area (Å²) in [4.78, 5) is 16.7. The molecule has 0 fully saturated rings. The number of rotatable bonds is 5. The van der Waals surface area contributed by atoms with Gasteiger partial charge in [-0.2, -0.15) is 4.98 Å². The highest BCUT2D eigenvalue weighted by molar-refractivity contribution is 5.79. The normalized spacial score (nSPS) is 13.2. The van der Waals surface area contributed by atoms with Gasteiger partial charge in [-0.1, -0.05) is 25.2 Å². The van der Waals surface area contributed by atoms with Crippen molar-refractivity contribution in [3.8, 4) is 17.8 Å². The second kappa shape index (κ2) is 7.70. The Labute approximate surface area is 157 Å². The topological polar surface area (TPSA) is 112 Å². The quantitative estimate of drug-likeness (QED) is 0.660. The monoisotopic (exact) mass is 366 g/mol. The number of hydrogen-bond donors (Lipinski definition) is 2. The van der Waals surface area contributed by atoms with Crippen molar-refractivity contribution >= 4 is 17.0 Å². The van der Waals surface area contributed by atoms with Gasteiger partial charge in [0.2, 0.25) is 11.9 Å². The molecule has 0 spiro atoms. The zero-order chi connectivity index (χ0) is 19.4. The van der Waals surface area contributed by atoms with Gasteiger partial charge in [-0.25, -0.2) is 15.0 Å². The van der Waals surface area contributed by atoms with Crippen LogP contribution < -0.4 is 5.73 Å². The van der Waals surface area contributed by atoms with Crippen molar-refractivity contribution in [2.45, 2.75) is 32.3 Å². The van der Waals surface area contributed by atoms with Crippen LogP contribution in [0.4, 0.5) is 5.95 Å². The zero-order valence-electron chi connectivity index (χ0n) is 15.6. The minimum absolute atomic E-state index is 0.140. The molecule has 2 heterocycles. The molecule has 2 aromatic heterocycles. The van der Waals surface area contributed by atoms with Crippen molar-refractivity contribution < 1.29 is 9.84 Å². The van der Waals surface area contributed by atoms with E-state index in [-0.39, 0.29) is 12.6 Å². The number of nitrogens with zero attached hydrogens (tertiary/aromatic N) is 5. The second-order valence-corrected chi connectivity index (χ2v) is 6.31. The molecular weight excluding hydrogens is 344 g/mol. The minimum Gasteiger partial charge on any atom is -0.381 e. The van der Waals surface area contributed by atoms with Crippen LogP contribution in [0.15, 0.2) is 24.5 Å². The molecule has 0 amide bonds. The average Bonchev–Trinajstić information content (AvgIpc) is 2.95. The van der Waals surface area contributed by atoms with Crippen molar-refractivity contribution in [2.24, 2.45) is 0 Å². The highest BCUT2D eigenvalue weighted by Crippen LogP contribution is 2.21. The smallest absolute Gasteiger partial charge is 0.240 e. The predicted molar refractivity (Wildman–Crippen MR) is 102 cm³/mol. The molecular formula is C19H22N6O2. The van der Waals surface area contributed by atoms with Crippen LogP contribution in [-0.4, -0.2) is 48.9 Å². The molecule has 1 atom stereocenters. The largest absolute Gasteiger partial charge is 0.381 e. The molecule has 8 heteroatoms. The summed E-state index contributed by atoms with van der Waals surface area (Å²) < 4.78 is 6.91. The Morgan fingerprint density at radius 1 is 1.30 bits per heavy atom. The van der Waals surface area contributed by atoms with Crippen molar-refractivity contribution in [1.82, 2.24) is 24.5 Å². The van der Waals surface area contributed by atoms with Gasteiger partial charge in [-0.3, -0.25) is 4.57 Å². The zero-order valence-corrected chi connectivity index (χ0v) is 15.6. The summed E-state index contributed by atoms with van der Waals surface area (Å²) in [6.45, 7) is 4.03. The van der Waals surface area contributed by atoms with E-state index in [9.17, 15) is 5.11 Å². The summed E-state index contributed by atoms with van der Waals surface area (Å²) in [6.07, 6.45) is 2.71. The van der Waals surface area contributed by atoms with Gasteiger partial charge in [-0.05, 0) is 31.5 Å². The van der Waals surface area contributed by atoms with Crippen molar-refractivity contribution in [1.29, 1.82) is 0 Å². The fraction of sp³-hybridized carbons (Fsp3) is 0.368. The molecule has 3 rings (SSSR count). The highest BCUT2D eigenvalue weighted by Gasteiger charge is 2.22. The number of methoxy groups -OCH3 is 1. The number of nitrogens with two attached hydrogens (primary N) is 1. The Bertz CT molecular complexity index is 1010. The van der Waals surface area contributed by atoms with Crippen LogP contribution >= 0.6 is 0 Å². The van der Waals surface area contributed by atoms with E-state index in [0.29, 0.717) is 12.4 Å². The first-order valence-electron chi connectivity index (χ1n) is 8.64. The van der Waals surface area contributed by atoms with Crippen molar-refractivity contribution in [3.63, 3.8) is 0 Å². The average molecular weight is 366 g/mol. The Hall–Kier alpha value is -3.02. The molecule has 0 bridgehead atoms. The van der Waals surface area contributed by atoms with Gasteiger partial charge in [0.15, 0.2) is 0 Å². The van der Waals surface area contributed by atoms with E-state index in [2.05, 4.69) is 31.8 Å². The van der Waals surface area contributed by atoms with E-state index in [4.69, 9.17) is 10.5 Å². The van der Waals surface area contributed by atoms with Gasteiger partial charge in [0, 0.05) is 12.7 Å². The van der Waals surface area contributed by atoms with Gasteiger partial charge in [0.05, 0.1) is 17.6 Å². The van der Waals surface area contributed by atoms with Gasteiger partial charge >= 0.3 is 0 Å². The molecule has 0 aliphatic rings. The maximum absolute atomic E-state index is 10.6. The van der Waals surface area contributed by atoms with Crippen LogP contribution in [0.2, 0.25) is 0 Å². The molecule has 3 aromatic rings. The predicted octanol–water partition coefficient (Wildman–Crippen LogP) is 1.63. The van der Waals surface area contributed by atoms with E-state index in [1.54, 1.807) is 11.7 Å². The third-order valence-corrected chi connectivity index (χ3v) is 4.09. The molecule has 0 aliphatic heterocycles. The lowest BCUT2D eigenvalue weighted by molar-refractivity contribution is 0.00724. The van der Waals surface area contributed by atoms with Gasteiger partial charge in [0.1, 0.15) is 17.8 Å². The van der Waals surface area contributed by atoms with Crippen molar-refractivity contribution in [2.75, 3.05) is 19.5 Å². The number of fused-ring (bicyclic) bond motifs is 1. The summed E-state index contributed by atoms with van der Waals surface area (Å²) >= 11 is 0. The third kappa shape index (κ3) is 4.05. The molecule has 0 saturated heterocycles. The first-order chi connectivity index (χ1) is 13.0. The van der Waals surface area contributed by atoms with E-state index in [1.807, 2.05) is 32.0 Å². The van der Waals surface area contributed by atoms with Crippen molar-refractivity contribution in [3.05, 3.63) is 35.9 Å². The summed E-state index contributed by atoms with van der Waals surface area (Å²) in [5, 5.41) is 10.6. The maximum Gasteiger partial charge on any atom is 0.240 e. The second-order valence-electron chi connectivity index (χ2n) is 6.31. The van der Waals surface area contributed by atoms with E-state index in [1.165, 1.54) is 6.33 Å². The van der Waals surface area contributed by atoms with Crippen LogP contribution in [0.25, 0.3) is 17.0 Å². The fourth-order valence-electron chi connectivity index (χ4n) is 2.95. The number of aromatic nitrogens is 5. The van der Waals surface area contributed by atoms with Gasteiger partial charge in [0.25, 0.3) is 0 Å². The lowest BCUT2D eigenvalue weighted by Crippen LogP contribution is -2.32. The number of hydrogen-bond acceptors (Lipinski definition) is 7. The molecule has 0 radical (unpaired) electrons. The van der Waals surface area contributed by atoms with Crippen LogP contribution in [0.5, 0.6) is 0 Å². The number of ether oxygens (including phenoxy) is 1. The SMILES string of the molecule is CCCC(O)(C#Cc1ccc2nc(C)n(-c3ncnc(N)n3)c2c1)COC. The Morgan fingerprint density at radius 2 is 2.11 bits per heavy atom. The minimum atomic E-state index is -1.17. The third-order valence-electron chi connectivity index (χ3n) is 4.09. The summed E-state index contributed by atoms with van der Waals surface area (Å²) in [5.41, 5.74) is 6.85. The van der Waals surface area contributed by atoms with E-state index in [0.717, 1.165) is 28.8 Å². The fourth-order valence-corrected chi connectivity index (χ4v) is 2.95. The highest BCUT2D eigenvalue weighted by atomic mass is 16.5. The number of aliphatic hydroxyl groups is 1. The molecule has 8 nitrogen and oxygen atoms in total. The van der Waals surface area contributed by atoms with Gasteiger partial charge < -0.3 is 15.6 Å². The molecule has 1 aromatic carbocycles. The summed E-state index contributed by atoms with van der Waals surface area (Å²) in [7, 11) is 1.55. The molecule has 27 heavy (non-hydrogen) atoms. The number of anilines is 1. The first kappa shape index (κ1) is 18.8. The standard InChI is InChI=1S/C19H22N6O2/c1-4-8-19(26,11-27-3)9-7-14-5-6-15-16(10-14)25(13(2)23-15)18-22-12-21-17(20)24-18/h5-6,10,12,26H,4,8,11H2,1-3H3,(H2,20,21,22,24). The lowest BCUT2D eigenvalue weighted by Gasteiger charge is -2.20. The lowest BCUT2D eigenvalue weighted by atomic mass is 9.99. The Morgan fingerprint density at radius 3 is 2.81 bits per heavy atom. The molecule has 140 valence electrons. The van der Waals surface area contributed by atoms with Gasteiger partial charge in [-0.15, -0.1) is 0 Å². The van der Waals surface area contributed by atoms with Crippen LogP contribution in [0.3, 0.4) is 0 Å². The number of nitrogen functional groups attached to an aromatic ring is 1. The van der Waals surface area contributed by atoms with E-state index < -0.39 is 5.60 Å². The molecule has 0 saturated carbocycles. The number of imidazole rings is 1. The summed E-state index contributed by atoms with van der Waals surface area (Å²) in [5.74, 6) is 7.25. The first-order valence-corrected chi connectivity index (χ1v) is 8.64. The number of benzene rings is 1. The van der Waals surface area contributed by atoms with Crippen LogP contribution in [0.1, 0.15) is 31.2 Å². The Kier molecular flexibility index (Phi) is 5.35. The molecule has 3 N–H and O–H groups in total. The molecule has 1 unspecified atom stereocenters. The van der Waals surface area contributed by atoms with E-state index >= 15 is 0 Å². The maximum atomic E-state index is 10.6. The summed E-state index contributed by atoms with van der Waals surface area (Å²) in [6, 6.07) is 5.64.